The fourth-order valence-electron chi connectivity index (χ4n) is 1.72. The number of aromatic nitrogens is 1. The lowest BCUT2D eigenvalue weighted by atomic mass is 10.2. The molecule has 1 heterocycles. The number of benzene rings is 1. The van der Waals surface area contributed by atoms with Crippen LogP contribution in [0.3, 0.4) is 0 Å². The van der Waals surface area contributed by atoms with Gasteiger partial charge in [0.25, 0.3) is 0 Å². The van der Waals surface area contributed by atoms with Gasteiger partial charge in [0.05, 0.1) is 6.42 Å². The van der Waals surface area contributed by atoms with E-state index in [1.165, 1.54) is 0 Å². The minimum atomic E-state index is -0.961. The quantitative estimate of drug-likeness (QED) is 0.767. The zero-order valence-electron chi connectivity index (χ0n) is 10.2. The van der Waals surface area contributed by atoms with E-state index in [9.17, 15) is 9.59 Å². The summed E-state index contributed by atoms with van der Waals surface area (Å²) in [6, 6.07) is 7.70. The number of carbonyl (C=O) groups excluding carboxylic acids is 1. The summed E-state index contributed by atoms with van der Waals surface area (Å²) in [5.41, 5.74) is 1.86. The van der Waals surface area contributed by atoms with E-state index in [2.05, 4.69) is 10.3 Å². The molecule has 0 bridgehead atoms. The van der Waals surface area contributed by atoms with Gasteiger partial charge in [-0.05, 0) is 6.07 Å². The van der Waals surface area contributed by atoms with Crippen molar-refractivity contribution in [3.63, 3.8) is 0 Å². The number of para-hydroxylation sites is 1. The van der Waals surface area contributed by atoms with Crippen LogP contribution in [-0.4, -0.2) is 28.7 Å². The summed E-state index contributed by atoms with van der Waals surface area (Å²) < 4.78 is 5.01. The monoisotopic (exact) mass is 262 g/mol. The van der Waals surface area contributed by atoms with Gasteiger partial charge in [-0.2, -0.15) is 0 Å². The van der Waals surface area contributed by atoms with E-state index in [0.717, 1.165) is 16.5 Å². The summed E-state index contributed by atoms with van der Waals surface area (Å²) in [5, 5.41) is 11.8. The third-order valence-corrected chi connectivity index (χ3v) is 2.64. The first-order valence-electron chi connectivity index (χ1n) is 5.84. The van der Waals surface area contributed by atoms with Crippen LogP contribution in [0.2, 0.25) is 0 Å². The average molecular weight is 262 g/mol. The summed E-state index contributed by atoms with van der Waals surface area (Å²) in [6.45, 7) is 0.199. The number of carboxylic acids is 1. The van der Waals surface area contributed by atoms with Gasteiger partial charge in [0.15, 0.2) is 0 Å². The first-order valence-corrected chi connectivity index (χ1v) is 5.84. The molecule has 0 aliphatic carbocycles. The molecule has 0 saturated heterocycles. The van der Waals surface area contributed by atoms with Gasteiger partial charge in [0.2, 0.25) is 0 Å². The van der Waals surface area contributed by atoms with Crippen molar-refractivity contribution in [2.45, 2.75) is 13.0 Å². The van der Waals surface area contributed by atoms with Gasteiger partial charge < -0.3 is 20.1 Å². The Hall–Kier alpha value is -2.50. The maximum absolute atomic E-state index is 11.3. The third-order valence-electron chi connectivity index (χ3n) is 2.64. The first-order chi connectivity index (χ1) is 9.16. The SMILES string of the molecule is O=C(O)CCNC(=O)OCc1c[nH]c2ccccc12. The number of rotatable bonds is 5. The van der Waals surface area contributed by atoms with Gasteiger partial charge in [-0.15, -0.1) is 0 Å². The van der Waals surface area contributed by atoms with Crippen molar-refractivity contribution in [1.82, 2.24) is 10.3 Å². The summed E-state index contributed by atoms with van der Waals surface area (Å²) in [5.74, 6) is -0.961. The molecule has 0 radical (unpaired) electrons. The van der Waals surface area contributed by atoms with Crippen LogP contribution in [0.5, 0.6) is 0 Å². The number of carbonyl (C=O) groups is 2. The van der Waals surface area contributed by atoms with Crippen molar-refractivity contribution in [2.24, 2.45) is 0 Å². The number of carboxylic acid groups (broad SMARTS) is 1. The molecule has 0 fully saturated rings. The molecule has 19 heavy (non-hydrogen) atoms. The van der Waals surface area contributed by atoms with Crippen molar-refractivity contribution < 1.29 is 19.4 Å². The van der Waals surface area contributed by atoms with Crippen LogP contribution in [0.1, 0.15) is 12.0 Å². The molecule has 6 nitrogen and oxygen atoms in total. The van der Waals surface area contributed by atoms with Crippen LogP contribution >= 0.6 is 0 Å². The van der Waals surface area contributed by atoms with Crippen molar-refractivity contribution >= 4 is 23.0 Å². The normalized spacial score (nSPS) is 10.3. The maximum atomic E-state index is 11.3. The lowest BCUT2D eigenvalue weighted by Gasteiger charge is -2.05. The zero-order valence-corrected chi connectivity index (χ0v) is 10.2. The number of ether oxygens (including phenoxy) is 1. The van der Waals surface area contributed by atoms with Gasteiger partial charge in [-0.1, -0.05) is 18.2 Å². The summed E-state index contributed by atoms with van der Waals surface area (Å²) in [4.78, 5) is 24.7. The Morgan fingerprint density at radius 2 is 2.11 bits per heavy atom. The topological polar surface area (TPSA) is 91.4 Å². The van der Waals surface area contributed by atoms with Crippen molar-refractivity contribution in [3.05, 3.63) is 36.0 Å². The minimum absolute atomic E-state index is 0.0576. The third kappa shape index (κ3) is 3.48. The molecule has 1 aromatic heterocycles. The Morgan fingerprint density at radius 3 is 2.89 bits per heavy atom. The second-order valence-electron chi connectivity index (χ2n) is 4.01. The van der Waals surface area contributed by atoms with Crippen LogP contribution in [0, 0.1) is 0 Å². The minimum Gasteiger partial charge on any atom is -0.481 e. The number of aliphatic carboxylic acids is 1. The van der Waals surface area contributed by atoms with Crippen molar-refractivity contribution in [3.8, 4) is 0 Å². The summed E-state index contributed by atoms with van der Waals surface area (Å²) in [6.07, 6.45) is 1.05. The number of amides is 1. The largest absolute Gasteiger partial charge is 0.481 e. The Kier molecular flexibility index (Phi) is 4.02. The van der Waals surface area contributed by atoms with E-state index < -0.39 is 12.1 Å². The molecule has 2 aromatic rings. The van der Waals surface area contributed by atoms with Crippen LogP contribution in [0.15, 0.2) is 30.5 Å². The number of fused-ring (bicyclic) bond motifs is 1. The standard InChI is InChI=1S/C13H14N2O4/c16-12(17)5-6-14-13(18)19-8-9-7-15-11-4-2-1-3-10(9)11/h1-4,7,15H,5-6,8H2,(H,14,18)(H,16,17). The summed E-state index contributed by atoms with van der Waals surface area (Å²) in [7, 11) is 0. The molecule has 0 aliphatic rings. The Labute approximate surface area is 109 Å². The molecule has 0 saturated carbocycles. The fraction of sp³-hybridized carbons (Fsp3) is 0.231. The molecule has 0 atom stereocenters. The van der Waals surface area contributed by atoms with Gasteiger partial charge >= 0.3 is 12.1 Å². The smallest absolute Gasteiger partial charge is 0.407 e. The zero-order chi connectivity index (χ0) is 13.7. The summed E-state index contributed by atoms with van der Waals surface area (Å²) >= 11 is 0. The van der Waals surface area contributed by atoms with Gasteiger partial charge in [0, 0.05) is 29.2 Å². The van der Waals surface area contributed by atoms with E-state index in [1.807, 2.05) is 24.3 Å². The number of nitrogens with one attached hydrogen (secondary N) is 2. The Bertz CT molecular complexity index is 591. The lowest BCUT2D eigenvalue weighted by molar-refractivity contribution is -0.136. The number of aromatic amines is 1. The van der Waals surface area contributed by atoms with Gasteiger partial charge in [0.1, 0.15) is 6.61 Å². The second kappa shape index (κ2) is 5.90. The molecule has 0 unspecified atom stereocenters. The lowest BCUT2D eigenvalue weighted by Crippen LogP contribution is -2.26. The molecule has 3 N–H and O–H groups in total. The predicted octanol–water partition coefficient (Wildman–Crippen LogP) is 1.87. The fourth-order valence-corrected chi connectivity index (χ4v) is 1.72. The predicted molar refractivity (Wildman–Crippen MR) is 68.7 cm³/mol. The maximum Gasteiger partial charge on any atom is 0.407 e. The number of alkyl carbamates (subject to hydrolysis) is 1. The molecule has 100 valence electrons. The average Bonchev–Trinajstić information content (AvgIpc) is 2.79. The molecule has 0 spiro atoms. The van der Waals surface area contributed by atoms with E-state index in [4.69, 9.17) is 9.84 Å². The Morgan fingerprint density at radius 1 is 1.32 bits per heavy atom. The van der Waals surface area contributed by atoms with Crippen molar-refractivity contribution in [2.75, 3.05) is 6.54 Å². The van der Waals surface area contributed by atoms with E-state index in [-0.39, 0.29) is 19.6 Å². The van der Waals surface area contributed by atoms with E-state index in [1.54, 1.807) is 6.20 Å². The number of hydrogen-bond acceptors (Lipinski definition) is 3. The highest BCUT2D eigenvalue weighted by Crippen LogP contribution is 2.18. The Balaban J connectivity index is 1.85. The van der Waals surface area contributed by atoms with Gasteiger partial charge in [-0.25, -0.2) is 4.79 Å². The highest BCUT2D eigenvalue weighted by atomic mass is 16.5. The first kappa shape index (κ1) is 12.9. The molecular weight excluding hydrogens is 248 g/mol. The molecule has 0 aliphatic heterocycles. The molecular formula is C13H14N2O4. The van der Waals surface area contributed by atoms with E-state index in [0.29, 0.717) is 0 Å². The molecule has 1 amide bonds. The molecule has 6 heteroatoms. The second-order valence-corrected chi connectivity index (χ2v) is 4.01. The van der Waals surface area contributed by atoms with Crippen LogP contribution in [-0.2, 0) is 16.1 Å². The number of H-pyrrole nitrogens is 1. The highest BCUT2D eigenvalue weighted by molar-refractivity contribution is 5.83. The van der Waals surface area contributed by atoms with Gasteiger partial charge in [-0.3, -0.25) is 4.79 Å². The molecule has 2 rings (SSSR count). The van der Waals surface area contributed by atoms with Crippen LogP contribution in [0.25, 0.3) is 10.9 Å². The highest BCUT2D eigenvalue weighted by Gasteiger charge is 2.07. The number of hydrogen-bond donors (Lipinski definition) is 3. The van der Waals surface area contributed by atoms with Crippen LogP contribution in [0.4, 0.5) is 4.79 Å². The van der Waals surface area contributed by atoms with Crippen LogP contribution < -0.4 is 5.32 Å². The molecule has 1 aromatic carbocycles. The van der Waals surface area contributed by atoms with E-state index >= 15 is 0 Å². The van der Waals surface area contributed by atoms with Crippen molar-refractivity contribution in [1.29, 1.82) is 0 Å².